The van der Waals surface area contributed by atoms with Gasteiger partial charge in [-0.3, -0.25) is 4.79 Å². The number of hydrogen-bond donors (Lipinski definition) is 2. The molecule has 0 bridgehead atoms. The van der Waals surface area contributed by atoms with Crippen LogP contribution in [-0.4, -0.2) is 44.4 Å². The number of hydrogen-bond acceptors (Lipinski definition) is 5. The molecule has 0 unspecified atom stereocenters. The summed E-state index contributed by atoms with van der Waals surface area (Å²) < 4.78 is 15.8. The van der Waals surface area contributed by atoms with Gasteiger partial charge in [0.25, 0.3) is 0 Å². The van der Waals surface area contributed by atoms with Crippen molar-refractivity contribution in [2.75, 3.05) is 20.8 Å². The molecule has 0 saturated heterocycles. The van der Waals surface area contributed by atoms with Gasteiger partial charge in [0.2, 0.25) is 5.91 Å². The number of carbonyl (C=O) groups is 2. The molecule has 1 aromatic rings. The highest BCUT2D eigenvalue weighted by atomic mass is 16.6. The maximum absolute atomic E-state index is 12.7. The second-order valence-corrected chi connectivity index (χ2v) is 9.19. The zero-order valence-electron chi connectivity index (χ0n) is 19.0. The van der Waals surface area contributed by atoms with Crippen LogP contribution in [0, 0.1) is 5.41 Å². The molecule has 29 heavy (non-hydrogen) atoms. The Bertz CT molecular complexity index is 689. The van der Waals surface area contributed by atoms with Gasteiger partial charge in [0.1, 0.15) is 11.6 Å². The summed E-state index contributed by atoms with van der Waals surface area (Å²) in [7, 11) is 3.17. The molecular weight excluding hydrogens is 372 g/mol. The lowest BCUT2D eigenvalue weighted by Crippen LogP contribution is -2.50. The van der Waals surface area contributed by atoms with E-state index in [1.165, 1.54) is 0 Å². The molecule has 2 amide bonds. The molecule has 7 nitrogen and oxygen atoms in total. The van der Waals surface area contributed by atoms with Crippen LogP contribution >= 0.6 is 0 Å². The van der Waals surface area contributed by atoms with Crippen LogP contribution < -0.4 is 20.1 Å². The van der Waals surface area contributed by atoms with Crippen molar-refractivity contribution >= 4 is 12.0 Å². The summed E-state index contributed by atoms with van der Waals surface area (Å²) in [5, 5.41) is 5.61. The predicted octanol–water partition coefficient (Wildman–Crippen LogP) is 3.69. The van der Waals surface area contributed by atoms with Gasteiger partial charge in [-0.2, -0.15) is 0 Å². The Labute approximate surface area is 174 Å². The van der Waals surface area contributed by atoms with Crippen molar-refractivity contribution in [1.82, 2.24) is 10.6 Å². The zero-order valence-corrected chi connectivity index (χ0v) is 19.0. The van der Waals surface area contributed by atoms with Gasteiger partial charge in [-0.25, -0.2) is 4.79 Å². The summed E-state index contributed by atoms with van der Waals surface area (Å²) in [5.74, 6) is 1.08. The molecule has 1 aromatic carbocycles. The van der Waals surface area contributed by atoms with Gasteiger partial charge in [0.15, 0.2) is 11.5 Å². The van der Waals surface area contributed by atoms with Gasteiger partial charge in [0.05, 0.1) is 14.2 Å². The third kappa shape index (κ3) is 9.54. The SMILES string of the molecule is COc1ccc(CCNC(=O)[C@@H](CC(C)(C)C)NC(=O)OC(C)(C)C)cc1OC. The fraction of sp³-hybridized carbons (Fsp3) is 0.636. The molecule has 0 heterocycles. The van der Waals surface area contributed by atoms with E-state index < -0.39 is 17.7 Å². The van der Waals surface area contributed by atoms with E-state index in [0.29, 0.717) is 30.9 Å². The molecular formula is C22H36N2O5. The highest BCUT2D eigenvalue weighted by molar-refractivity contribution is 5.85. The molecule has 7 heteroatoms. The highest BCUT2D eigenvalue weighted by Crippen LogP contribution is 2.27. The number of ether oxygens (including phenoxy) is 3. The lowest BCUT2D eigenvalue weighted by atomic mass is 9.88. The third-order valence-electron chi connectivity index (χ3n) is 3.98. The number of benzene rings is 1. The lowest BCUT2D eigenvalue weighted by Gasteiger charge is -2.27. The topological polar surface area (TPSA) is 85.9 Å². The monoisotopic (exact) mass is 408 g/mol. The summed E-state index contributed by atoms with van der Waals surface area (Å²) in [6, 6.07) is 4.98. The minimum Gasteiger partial charge on any atom is -0.493 e. The summed E-state index contributed by atoms with van der Waals surface area (Å²) >= 11 is 0. The van der Waals surface area contributed by atoms with Crippen LogP contribution in [0.3, 0.4) is 0 Å². The van der Waals surface area contributed by atoms with Gasteiger partial charge in [0, 0.05) is 6.54 Å². The summed E-state index contributed by atoms with van der Waals surface area (Å²) in [4.78, 5) is 24.9. The van der Waals surface area contributed by atoms with Crippen LogP contribution in [0.15, 0.2) is 18.2 Å². The first-order chi connectivity index (χ1) is 13.3. The number of alkyl carbamates (subject to hydrolysis) is 1. The Hall–Kier alpha value is -2.44. The molecule has 0 aromatic heterocycles. The Morgan fingerprint density at radius 3 is 2.14 bits per heavy atom. The van der Waals surface area contributed by atoms with Gasteiger partial charge >= 0.3 is 6.09 Å². The first-order valence-corrected chi connectivity index (χ1v) is 9.83. The molecule has 0 aliphatic heterocycles. The number of amides is 2. The molecule has 0 spiro atoms. The second-order valence-electron chi connectivity index (χ2n) is 9.19. The van der Waals surface area contributed by atoms with E-state index in [1.807, 2.05) is 39.0 Å². The fourth-order valence-corrected chi connectivity index (χ4v) is 2.76. The van der Waals surface area contributed by atoms with Crippen LogP contribution in [0.25, 0.3) is 0 Å². The molecule has 1 rings (SSSR count). The molecule has 0 aliphatic rings. The quantitative estimate of drug-likeness (QED) is 0.685. The number of nitrogens with one attached hydrogen (secondary N) is 2. The van der Waals surface area contributed by atoms with Crippen molar-refractivity contribution in [2.45, 2.75) is 66.0 Å². The van der Waals surface area contributed by atoms with Crippen molar-refractivity contribution in [3.8, 4) is 11.5 Å². The Morgan fingerprint density at radius 2 is 1.62 bits per heavy atom. The number of carbonyl (C=O) groups excluding carboxylic acids is 2. The molecule has 164 valence electrons. The lowest BCUT2D eigenvalue weighted by molar-refractivity contribution is -0.123. The van der Waals surface area contributed by atoms with Crippen molar-refractivity contribution in [3.63, 3.8) is 0 Å². The van der Waals surface area contributed by atoms with Crippen LogP contribution in [0.2, 0.25) is 0 Å². The molecule has 0 radical (unpaired) electrons. The minimum absolute atomic E-state index is 0.139. The van der Waals surface area contributed by atoms with Crippen LogP contribution in [0.1, 0.15) is 53.5 Å². The fourth-order valence-electron chi connectivity index (χ4n) is 2.76. The average Bonchev–Trinajstić information content (AvgIpc) is 2.58. The normalized spacial score (nSPS) is 12.7. The van der Waals surface area contributed by atoms with E-state index in [-0.39, 0.29) is 11.3 Å². The first kappa shape index (κ1) is 24.6. The summed E-state index contributed by atoms with van der Waals surface area (Å²) in [5.41, 5.74) is 0.246. The van der Waals surface area contributed by atoms with Crippen LogP contribution in [-0.2, 0) is 16.0 Å². The van der Waals surface area contributed by atoms with Crippen molar-refractivity contribution < 1.29 is 23.8 Å². The summed E-state index contributed by atoms with van der Waals surface area (Å²) in [6.45, 7) is 11.9. The Morgan fingerprint density at radius 1 is 1.00 bits per heavy atom. The standard InChI is InChI=1S/C22H36N2O5/c1-21(2,3)14-16(24-20(26)29-22(4,5)6)19(25)23-12-11-15-9-10-17(27-7)18(13-15)28-8/h9-10,13,16H,11-12,14H2,1-8H3,(H,23,25)(H,24,26)/t16-/m1/s1. The molecule has 0 aliphatic carbocycles. The van der Waals surface area contributed by atoms with Crippen molar-refractivity contribution in [1.29, 1.82) is 0 Å². The van der Waals surface area contributed by atoms with E-state index in [2.05, 4.69) is 10.6 Å². The maximum Gasteiger partial charge on any atom is 0.408 e. The second kappa shape index (κ2) is 10.4. The average molecular weight is 409 g/mol. The van der Waals surface area contributed by atoms with Crippen molar-refractivity contribution in [2.24, 2.45) is 5.41 Å². The van der Waals surface area contributed by atoms with Gasteiger partial charge in [-0.05, 0) is 56.7 Å². The predicted molar refractivity (Wildman–Crippen MR) is 113 cm³/mol. The van der Waals surface area contributed by atoms with E-state index in [1.54, 1.807) is 35.0 Å². The third-order valence-corrected chi connectivity index (χ3v) is 3.98. The van der Waals surface area contributed by atoms with Crippen molar-refractivity contribution in [3.05, 3.63) is 23.8 Å². The molecule has 0 fully saturated rings. The Balaban J connectivity index is 2.71. The van der Waals surface area contributed by atoms with Gasteiger partial charge in [-0.15, -0.1) is 0 Å². The first-order valence-electron chi connectivity index (χ1n) is 9.83. The van der Waals surface area contributed by atoms with E-state index in [0.717, 1.165) is 5.56 Å². The van der Waals surface area contributed by atoms with E-state index in [4.69, 9.17) is 14.2 Å². The largest absolute Gasteiger partial charge is 0.493 e. The smallest absolute Gasteiger partial charge is 0.408 e. The zero-order chi connectivity index (χ0) is 22.2. The number of methoxy groups -OCH3 is 2. The molecule has 1 atom stereocenters. The van der Waals surface area contributed by atoms with E-state index >= 15 is 0 Å². The van der Waals surface area contributed by atoms with Crippen LogP contribution in [0.5, 0.6) is 11.5 Å². The van der Waals surface area contributed by atoms with E-state index in [9.17, 15) is 9.59 Å². The number of rotatable bonds is 8. The molecule has 0 saturated carbocycles. The molecule has 2 N–H and O–H groups in total. The van der Waals surface area contributed by atoms with Gasteiger partial charge in [-0.1, -0.05) is 26.8 Å². The van der Waals surface area contributed by atoms with Gasteiger partial charge < -0.3 is 24.8 Å². The minimum atomic E-state index is -0.671. The Kier molecular flexibility index (Phi) is 8.80. The summed E-state index contributed by atoms with van der Waals surface area (Å²) in [6.07, 6.45) is 0.525. The highest BCUT2D eigenvalue weighted by Gasteiger charge is 2.28. The maximum atomic E-state index is 12.7. The van der Waals surface area contributed by atoms with Crippen LogP contribution in [0.4, 0.5) is 4.79 Å².